The summed E-state index contributed by atoms with van der Waals surface area (Å²) in [7, 11) is 1.57. The number of ether oxygens (including phenoxy) is 3. The Balaban J connectivity index is 1.14. The molecule has 10 heteroatoms. The first-order valence-corrected chi connectivity index (χ1v) is 14.9. The van der Waals surface area contributed by atoms with Gasteiger partial charge in [-0.15, -0.1) is 0 Å². The molecule has 0 radical (unpaired) electrons. The van der Waals surface area contributed by atoms with Crippen LogP contribution in [0.3, 0.4) is 0 Å². The fourth-order valence-electron chi connectivity index (χ4n) is 4.41. The molecule has 8 nitrogen and oxygen atoms in total. The highest BCUT2D eigenvalue weighted by molar-refractivity contribution is 9.10. The molecule has 0 unspecified atom stereocenters. The Labute approximate surface area is 266 Å². The van der Waals surface area contributed by atoms with E-state index in [0.717, 1.165) is 15.7 Å². The molecule has 43 heavy (non-hydrogen) atoms. The smallest absolute Gasteiger partial charge is 0.307 e. The average Bonchev–Trinajstić information content (AvgIpc) is 3.62. The molecule has 0 fully saturated rings. The zero-order valence-electron chi connectivity index (χ0n) is 23.8. The van der Waals surface area contributed by atoms with Gasteiger partial charge in [0.05, 0.1) is 17.8 Å². The van der Waals surface area contributed by atoms with Crippen LogP contribution >= 0.6 is 31.9 Å². The minimum Gasteiger partial charge on any atom is -0.493 e. The lowest BCUT2D eigenvalue weighted by molar-refractivity contribution is 0.0923. The zero-order chi connectivity index (χ0) is 30.3. The second-order valence-electron chi connectivity index (χ2n) is 9.65. The maximum atomic E-state index is 12.6. The number of methoxy groups -OCH3 is 1. The lowest BCUT2D eigenvalue weighted by atomic mass is 10.2. The third-order valence-electron chi connectivity index (χ3n) is 6.56. The fourth-order valence-corrected chi connectivity index (χ4v) is 5.25. The van der Waals surface area contributed by atoms with E-state index in [1.54, 1.807) is 25.3 Å². The van der Waals surface area contributed by atoms with Crippen LogP contribution in [0.4, 0.5) is 0 Å². The minimum absolute atomic E-state index is 0.125. The maximum Gasteiger partial charge on any atom is 0.307 e. The number of rotatable bonds is 11. The first-order valence-electron chi connectivity index (χ1n) is 13.4. The first-order chi connectivity index (χ1) is 20.8. The molecule has 5 aromatic rings. The van der Waals surface area contributed by atoms with E-state index in [1.165, 1.54) is 17.6 Å². The highest BCUT2D eigenvalue weighted by Gasteiger charge is 2.13. The third-order valence-corrected chi connectivity index (χ3v) is 7.68. The van der Waals surface area contributed by atoms with Gasteiger partial charge >= 0.3 is 5.91 Å². The molecular weight excluding hydrogens is 678 g/mol. The van der Waals surface area contributed by atoms with Gasteiger partial charge in [-0.1, -0.05) is 28.1 Å². The summed E-state index contributed by atoms with van der Waals surface area (Å²) in [5.41, 5.74) is 7.60. The van der Waals surface area contributed by atoms with E-state index in [2.05, 4.69) is 72.9 Å². The molecule has 0 aliphatic heterocycles. The van der Waals surface area contributed by atoms with Crippen molar-refractivity contribution >= 4 is 44.0 Å². The molecule has 0 atom stereocenters. The number of aryl methyl sites for hydroxylation is 2. The first kappa shape index (κ1) is 30.2. The largest absolute Gasteiger partial charge is 0.493 e. The van der Waals surface area contributed by atoms with E-state index in [9.17, 15) is 4.79 Å². The van der Waals surface area contributed by atoms with E-state index in [1.807, 2.05) is 54.6 Å². The van der Waals surface area contributed by atoms with Gasteiger partial charge in [0, 0.05) is 21.5 Å². The lowest BCUT2D eigenvalue weighted by Crippen LogP contribution is -2.16. The minimum atomic E-state index is -0.482. The van der Waals surface area contributed by atoms with Gasteiger partial charge in [-0.2, -0.15) is 5.10 Å². The van der Waals surface area contributed by atoms with Crippen molar-refractivity contribution in [2.75, 3.05) is 7.11 Å². The monoisotopic (exact) mass is 705 g/mol. The van der Waals surface area contributed by atoms with Crippen LogP contribution in [0.15, 0.2) is 103 Å². The predicted molar refractivity (Wildman–Crippen MR) is 173 cm³/mol. The molecule has 0 saturated carbocycles. The summed E-state index contributed by atoms with van der Waals surface area (Å²) in [5.74, 6) is 1.95. The summed E-state index contributed by atoms with van der Waals surface area (Å²) in [6, 6.07) is 26.8. The molecule has 1 amide bonds. The SMILES string of the molecule is COc1cc(/C=N/NC(=O)c2ccc(COc3ccc(-n4c(C)ccc4C)cc3)o2)cc(Br)c1OCc1ccc(Br)cc1. The van der Waals surface area contributed by atoms with Gasteiger partial charge in [-0.05, 0) is 114 Å². The second-order valence-corrected chi connectivity index (χ2v) is 11.4. The Kier molecular flexibility index (Phi) is 9.68. The Morgan fingerprint density at radius 3 is 2.33 bits per heavy atom. The standard InChI is InChI=1S/C33H29Br2N3O5/c1-21-4-5-22(2)38(21)26-10-12-27(13-11-26)41-20-28-14-15-30(43-28)33(39)37-36-18-24-16-29(35)32(31(17-24)40-3)42-19-23-6-8-25(34)9-7-23/h4-18H,19-20H2,1-3H3,(H,37,39)/b36-18+. The van der Waals surface area contributed by atoms with Crippen LogP contribution in [0.2, 0.25) is 0 Å². The van der Waals surface area contributed by atoms with Crippen LogP contribution in [0.1, 0.15) is 38.8 Å². The topological polar surface area (TPSA) is 87.2 Å². The molecule has 0 aliphatic carbocycles. The fraction of sp³-hybridized carbons (Fsp3) is 0.152. The average molecular weight is 707 g/mol. The molecule has 0 aliphatic rings. The van der Waals surface area contributed by atoms with Gasteiger partial charge in [-0.25, -0.2) is 5.43 Å². The number of aromatic nitrogens is 1. The number of carbonyl (C=O) groups is 1. The number of hydrazone groups is 1. The van der Waals surface area contributed by atoms with Crippen molar-refractivity contribution in [2.45, 2.75) is 27.1 Å². The summed E-state index contributed by atoms with van der Waals surface area (Å²) >= 11 is 6.98. The summed E-state index contributed by atoms with van der Waals surface area (Å²) in [4.78, 5) is 12.6. The number of benzene rings is 3. The molecule has 5 rings (SSSR count). The number of hydrogen-bond donors (Lipinski definition) is 1. The van der Waals surface area contributed by atoms with Crippen molar-refractivity contribution in [3.8, 4) is 22.9 Å². The molecular formula is C33H29Br2N3O5. The summed E-state index contributed by atoms with van der Waals surface area (Å²) < 4.78 is 26.9. The lowest BCUT2D eigenvalue weighted by Gasteiger charge is -2.13. The number of halogens is 2. The number of furan rings is 1. The van der Waals surface area contributed by atoms with Gasteiger partial charge in [0.15, 0.2) is 17.3 Å². The van der Waals surface area contributed by atoms with Crippen molar-refractivity contribution in [3.63, 3.8) is 0 Å². The predicted octanol–water partition coefficient (Wildman–Crippen LogP) is 8.14. The van der Waals surface area contributed by atoms with Gasteiger partial charge in [0.1, 0.15) is 24.7 Å². The number of nitrogens with zero attached hydrogens (tertiary/aromatic N) is 2. The molecule has 0 saturated heterocycles. The van der Waals surface area contributed by atoms with E-state index in [4.69, 9.17) is 18.6 Å². The third kappa shape index (κ3) is 7.57. The second kappa shape index (κ2) is 13.8. The normalized spacial score (nSPS) is 11.1. The number of nitrogens with one attached hydrogen (secondary N) is 1. The Bertz CT molecular complexity index is 1720. The maximum absolute atomic E-state index is 12.6. The van der Waals surface area contributed by atoms with E-state index in [-0.39, 0.29) is 12.4 Å². The Morgan fingerprint density at radius 1 is 0.907 bits per heavy atom. The highest BCUT2D eigenvalue weighted by atomic mass is 79.9. The van der Waals surface area contributed by atoms with Gasteiger partial charge in [0.25, 0.3) is 0 Å². The number of carbonyl (C=O) groups excluding carboxylic acids is 1. The van der Waals surface area contributed by atoms with Gasteiger partial charge in [-0.3, -0.25) is 4.79 Å². The summed E-state index contributed by atoms with van der Waals surface area (Å²) in [6.07, 6.45) is 1.51. The quantitative estimate of drug-likeness (QED) is 0.111. The van der Waals surface area contributed by atoms with E-state index in [0.29, 0.717) is 39.7 Å². The Hall–Kier alpha value is -4.28. The van der Waals surface area contributed by atoms with Crippen LogP contribution in [0, 0.1) is 13.8 Å². The van der Waals surface area contributed by atoms with Crippen molar-refractivity contribution in [1.29, 1.82) is 0 Å². The van der Waals surface area contributed by atoms with Crippen molar-refractivity contribution in [3.05, 3.63) is 128 Å². The zero-order valence-corrected chi connectivity index (χ0v) is 26.9. The molecule has 1 N–H and O–H groups in total. The molecule has 2 aromatic heterocycles. The van der Waals surface area contributed by atoms with Gasteiger partial charge in [0.2, 0.25) is 0 Å². The highest BCUT2D eigenvalue weighted by Crippen LogP contribution is 2.37. The van der Waals surface area contributed by atoms with Crippen LogP contribution in [0.5, 0.6) is 17.2 Å². The van der Waals surface area contributed by atoms with Crippen molar-refractivity contribution in [1.82, 2.24) is 9.99 Å². The Morgan fingerprint density at radius 2 is 1.63 bits per heavy atom. The van der Waals surface area contributed by atoms with E-state index >= 15 is 0 Å². The number of hydrogen-bond acceptors (Lipinski definition) is 6. The molecule has 0 spiro atoms. The molecule has 3 aromatic carbocycles. The number of amides is 1. The van der Waals surface area contributed by atoms with Crippen LogP contribution in [-0.2, 0) is 13.2 Å². The van der Waals surface area contributed by atoms with Crippen LogP contribution in [-0.4, -0.2) is 23.8 Å². The summed E-state index contributed by atoms with van der Waals surface area (Å²) in [6.45, 7) is 4.71. The molecule has 0 bridgehead atoms. The van der Waals surface area contributed by atoms with E-state index < -0.39 is 5.91 Å². The van der Waals surface area contributed by atoms with Crippen LogP contribution < -0.4 is 19.6 Å². The van der Waals surface area contributed by atoms with Crippen molar-refractivity contribution in [2.24, 2.45) is 5.10 Å². The summed E-state index contributed by atoms with van der Waals surface area (Å²) in [5, 5.41) is 4.07. The van der Waals surface area contributed by atoms with Crippen molar-refractivity contribution < 1.29 is 23.4 Å². The van der Waals surface area contributed by atoms with Crippen LogP contribution in [0.25, 0.3) is 5.69 Å². The molecule has 2 heterocycles. The van der Waals surface area contributed by atoms with Gasteiger partial charge < -0.3 is 23.2 Å². The molecule has 220 valence electrons.